The molecule has 0 spiro atoms. The lowest BCUT2D eigenvalue weighted by atomic mass is 10.1. The van der Waals surface area contributed by atoms with E-state index < -0.39 is 0 Å². The fourth-order valence-electron chi connectivity index (χ4n) is 2.40. The third kappa shape index (κ3) is 3.12. The van der Waals surface area contributed by atoms with Crippen molar-refractivity contribution in [2.75, 3.05) is 12.4 Å². The topological polar surface area (TPSA) is 38.3 Å². The number of fused-ring (bicyclic) bond motifs is 1. The molecule has 0 saturated carbocycles. The molecule has 3 aromatic carbocycles. The van der Waals surface area contributed by atoms with Crippen molar-refractivity contribution in [2.24, 2.45) is 0 Å². The van der Waals surface area contributed by atoms with Crippen molar-refractivity contribution < 1.29 is 9.53 Å². The molecule has 0 aromatic heterocycles. The molecule has 0 aliphatic rings. The maximum absolute atomic E-state index is 12.7. The van der Waals surface area contributed by atoms with Gasteiger partial charge in [0.25, 0.3) is 5.91 Å². The number of carbonyl (C=O) groups excluding carboxylic acids is 1. The number of anilines is 1. The number of halogens is 2. The molecule has 0 aliphatic carbocycles. The van der Waals surface area contributed by atoms with E-state index in [1.807, 2.05) is 54.6 Å². The van der Waals surface area contributed by atoms with E-state index in [2.05, 4.69) is 37.2 Å². The van der Waals surface area contributed by atoms with Crippen LogP contribution in [0.2, 0.25) is 0 Å². The Morgan fingerprint density at radius 3 is 2.48 bits per heavy atom. The Hall–Kier alpha value is -1.85. The van der Waals surface area contributed by atoms with Gasteiger partial charge in [-0.25, -0.2) is 0 Å². The normalized spacial score (nSPS) is 10.6. The zero-order chi connectivity index (χ0) is 16.4. The fraction of sp³-hybridized carbons (Fsp3) is 0.0556. The van der Waals surface area contributed by atoms with Gasteiger partial charge in [0.2, 0.25) is 0 Å². The molecule has 23 heavy (non-hydrogen) atoms. The van der Waals surface area contributed by atoms with E-state index in [0.29, 0.717) is 17.0 Å². The van der Waals surface area contributed by atoms with Crippen molar-refractivity contribution >= 4 is 54.2 Å². The molecule has 3 nitrogen and oxygen atoms in total. The highest BCUT2D eigenvalue weighted by Gasteiger charge is 2.18. The van der Waals surface area contributed by atoms with Crippen LogP contribution in [0.1, 0.15) is 10.4 Å². The first-order valence-electron chi connectivity index (χ1n) is 6.93. The number of methoxy groups -OCH3 is 1. The lowest BCUT2D eigenvalue weighted by Gasteiger charge is -2.14. The molecule has 0 bridgehead atoms. The fourth-order valence-corrected chi connectivity index (χ4v) is 3.53. The van der Waals surface area contributed by atoms with Gasteiger partial charge in [-0.3, -0.25) is 4.79 Å². The number of amides is 1. The van der Waals surface area contributed by atoms with E-state index >= 15 is 0 Å². The standard InChI is InChI=1S/C18H13Br2NO2/c1-23-17-13(10-11-6-2-3-7-12(11)16(17)20)18(22)21-15-9-5-4-8-14(15)19/h2-10H,1H3,(H,21,22). The summed E-state index contributed by atoms with van der Waals surface area (Å²) in [5, 5.41) is 4.88. The molecule has 116 valence electrons. The molecule has 0 radical (unpaired) electrons. The summed E-state index contributed by atoms with van der Waals surface area (Å²) in [6.07, 6.45) is 0. The van der Waals surface area contributed by atoms with Crippen molar-refractivity contribution in [2.45, 2.75) is 0 Å². The molecule has 0 fully saturated rings. The van der Waals surface area contributed by atoms with E-state index in [1.165, 1.54) is 0 Å². The maximum atomic E-state index is 12.7. The van der Waals surface area contributed by atoms with Crippen LogP contribution in [0.15, 0.2) is 63.5 Å². The first-order valence-corrected chi connectivity index (χ1v) is 8.51. The smallest absolute Gasteiger partial charge is 0.259 e. The Balaban J connectivity index is 2.08. The zero-order valence-electron chi connectivity index (χ0n) is 12.3. The summed E-state index contributed by atoms with van der Waals surface area (Å²) >= 11 is 6.98. The van der Waals surface area contributed by atoms with Crippen LogP contribution in [0.4, 0.5) is 5.69 Å². The number of hydrogen-bond acceptors (Lipinski definition) is 2. The van der Waals surface area contributed by atoms with Crippen LogP contribution in [0, 0.1) is 0 Å². The first kappa shape index (κ1) is 16.0. The van der Waals surface area contributed by atoms with Crippen LogP contribution in [-0.4, -0.2) is 13.0 Å². The molecule has 1 amide bonds. The van der Waals surface area contributed by atoms with E-state index in [1.54, 1.807) is 7.11 Å². The van der Waals surface area contributed by atoms with Crippen molar-refractivity contribution in [3.63, 3.8) is 0 Å². The maximum Gasteiger partial charge on any atom is 0.259 e. The minimum Gasteiger partial charge on any atom is -0.495 e. The van der Waals surface area contributed by atoms with Crippen LogP contribution >= 0.6 is 31.9 Å². The Morgan fingerprint density at radius 1 is 1.04 bits per heavy atom. The van der Waals surface area contributed by atoms with Crippen LogP contribution in [0.25, 0.3) is 10.8 Å². The van der Waals surface area contributed by atoms with Crippen LogP contribution < -0.4 is 10.1 Å². The molecule has 0 atom stereocenters. The van der Waals surface area contributed by atoms with E-state index in [0.717, 1.165) is 19.7 Å². The summed E-state index contributed by atoms with van der Waals surface area (Å²) in [6.45, 7) is 0. The molecule has 1 N–H and O–H groups in total. The number of benzene rings is 3. The number of hydrogen-bond donors (Lipinski definition) is 1. The zero-order valence-corrected chi connectivity index (χ0v) is 15.4. The first-order chi connectivity index (χ1) is 11.1. The predicted octanol–water partition coefficient (Wildman–Crippen LogP) is 5.63. The lowest BCUT2D eigenvalue weighted by molar-refractivity contribution is 0.102. The van der Waals surface area contributed by atoms with Crippen molar-refractivity contribution in [3.05, 3.63) is 69.1 Å². The average molecular weight is 435 g/mol. The summed E-state index contributed by atoms with van der Waals surface area (Å²) in [5.74, 6) is 0.299. The number of carbonyl (C=O) groups is 1. The van der Waals surface area contributed by atoms with Gasteiger partial charge in [0.1, 0.15) is 5.75 Å². The summed E-state index contributed by atoms with van der Waals surface area (Å²) in [7, 11) is 1.56. The highest BCUT2D eigenvalue weighted by atomic mass is 79.9. The highest BCUT2D eigenvalue weighted by molar-refractivity contribution is 9.11. The number of nitrogens with one attached hydrogen (secondary N) is 1. The Labute approximate surface area is 150 Å². The van der Waals surface area contributed by atoms with Gasteiger partial charge in [0, 0.05) is 4.47 Å². The monoisotopic (exact) mass is 433 g/mol. The van der Waals surface area contributed by atoms with Gasteiger partial charge in [-0.15, -0.1) is 0 Å². The second-order valence-corrected chi connectivity index (χ2v) is 6.57. The quantitative estimate of drug-likeness (QED) is 0.580. The third-order valence-corrected chi connectivity index (χ3v) is 4.99. The summed E-state index contributed by atoms with van der Waals surface area (Å²) < 4.78 is 7.05. The average Bonchev–Trinajstić information content (AvgIpc) is 2.57. The Kier molecular flexibility index (Phi) is 4.68. The Bertz CT molecular complexity index is 893. The second-order valence-electron chi connectivity index (χ2n) is 4.93. The van der Waals surface area contributed by atoms with Gasteiger partial charge in [-0.1, -0.05) is 36.4 Å². The van der Waals surface area contributed by atoms with Gasteiger partial charge in [0.15, 0.2) is 0 Å². The van der Waals surface area contributed by atoms with Gasteiger partial charge in [-0.2, -0.15) is 0 Å². The molecular formula is C18H13Br2NO2. The molecular weight excluding hydrogens is 422 g/mol. The number of rotatable bonds is 3. The minimum absolute atomic E-state index is 0.222. The Morgan fingerprint density at radius 2 is 1.74 bits per heavy atom. The molecule has 0 saturated heterocycles. The summed E-state index contributed by atoms with van der Waals surface area (Å²) in [5.41, 5.74) is 1.19. The van der Waals surface area contributed by atoms with E-state index in [-0.39, 0.29) is 5.91 Å². The van der Waals surface area contributed by atoms with Crippen molar-refractivity contribution in [1.82, 2.24) is 0 Å². The van der Waals surface area contributed by atoms with Gasteiger partial charge < -0.3 is 10.1 Å². The molecule has 0 unspecified atom stereocenters. The second kappa shape index (κ2) is 6.72. The molecule has 3 aromatic rings. The number of para-hydroxylation sites is 1. The largest absolute Gasteiger partial charge is 0.495 e. The van der Waals surface area contributed by atoms with Crippen molar-refractivity contribution in [3.8, 4) is 5.75 Å². The number of ether oxygens (including phenoxy) is 1. The van der Waals surface area contributed by atoms with Crippen LogP contribution in [-0.2, 0) is 0 Å². The third-order valence-electron chi connectivity index (χ3n) is 3.51. The molecule has 0 heterocycles. The van der Waals surface area contributed by atoms with E-state index in [4.69, 9.17) is 4.74 Å². The van der Waals surface area contributed by atoms with Crippen LogP contribution in [0.3, 0.4) is 0 Å². The van der Waals surface area contributed by atoms with E-state index in [9.17, 15) is 4.79 Å². The molecule has 0 aliphatic heterocycles. The van der Waals surface area contributed by atoms with Gasteiger partial charge in [0.05, 0.1) is 22.8 Å². The molecule has 5 heteroatoms. The predicted molar refractivity (Wildman–Crippen MR) is 100 cm³/mol. The van der Waals surface area contributed by atoms with Crippen molar-refractivity contribution in [1.29, 1.82) is 0 Å². The minimum atomic E-state index is -0.222. The van der Waals surface area contributed by atoms with Crippen LogP contribution in [0.5, 0.6) is 5.75 Å². The molecule has 3 rings (SSSR count). The van der Waals surface area contributed by atoms with Gasteiger partial charge >= 0.3 is 0 Å². The van der Waals surface area contributed by atoms with Gasteiger partial charge in [-0.05, 0) is 60.8 Å². The lowest BCUT2D eigenvalue weighted by Crippen LogP contribution is -2.14. The highest BCUT2D eigenvalue weighted by Crippen LogP contribution is 2.37. The summed E-state index contributed by atoms with van der Waals surface area (Å²) in [4.78, 5) is 12.7. The summed E-state index contributed by atoms with van der Waals surface area (Å²) in [6, 6.07) is 17.2. The SMILES string of the molecule is COc1c(C(=O)Nc2ccccc2Br)cc2ccccc2c1Br.